The van der Waals surface area contributed by atoms with Gasteiger partial charge in [0.1, 0.15) is 5.82 Å². The van der Waals surface area contributed by atoms with Crippen LogP contribution in [0.1, 0.15) is 18.9 Å². The van der Waals surface area contributed by atoms with E-state index in [4.69, 9.17) is 0 Å². The number of aryl methyl sites for hydroxylation is 1. The molecule has 108 valence electrons. The monoisotopic (exact) mass is 345 g/mol. The van der Waals surface area contributed by atoms with E-state index in [2.05, 4.69) is 55.4 Å². The smallest absolute Gasteiger partial charge is 0.171 e. The fourth-order valence-electron chi connectivity index (χ4n) is 2.23. The standard InChI is InChI=1S/C15H16BrN5/c1-11(2-3-12-4-7-17-8-5-12)20-14-6-9-18-15-13(16)10-19-21(14)15/h4-11,20H,2-3H2,1H3. The van der Waals surface area contributed by atoms with Crippen LogP contribution >= 0.6 is 15.9 Å². The molecule has 0 spiro atoms. The van der Waals surface area contributed by atoms with Gasteiger partial charge < -0.3 is 5.32 Å². The second kappa shape index (κ2) is 6.22. The Balaban J connectivity index is 1.67. The Morgan fingerprint density at radius 1 is 1.24 bits per heavy atom. The zero-order chi connectivity index (χ0) is 14.7. The summed E-state index contributed by atoms with van der Waals surface area (Å²) in [5, 5.41) is 7.82. The highest BCUT2D eigenvalue weighted by Gasteiger charge is 2.09. The molecule has 0 saturated heterocycles. The first-order chi connectivity index (χ1) is 10.2. The van der Waals surface area contributed by atoms with E-state index in [-0.39, 0.29) is 0 Å². The van der Waals surface area contributed by atoms with Gasteiger partial charge in [0.15, 0.2) is 5.65 Å². The number of fused-ring (bicyclic) bond motifs is 1. The van der Waals surface area contributed by atoms with E-state index in [0.29, 0.717) is 6.04 Å². The third-order valence-electron chi connectivity index (χ3n) is 3.37. The summed E-state index contributed by atoms with van der Waals surface area (Å²) in [7, 11) is 0. The summed E-state index contributed by atoms with van der Waals surface area (Å²) >= 11 is 3.45. The van der Waals surface area contributed by atoms with Crippen molar-refractivity contribution in [3.05, 3.63) is 53.0 Å². The Morgan fingerprint density at radius 2 is 2.05 bits per heavy atom. The Bertz CT molecular complexity index is 725. The lowest BCUT2D eigenvalue weighted by molar-refractivity contribution is 0.696. The molecule has 0 aliphatic carbocycles. The first kappa shape index (κ1) is 14.0. The maximum Gasteiger partial charge on any atom is 0.171 e. The van der Waals surface area contributed by atoms with Crippen LogP contribution in [0.4, 0.5) is 5.82 Å². The number of nitrogens with zero attached hydrogens (tertiary/aromatic N) is 4. The van der Waals surface area contributed by atoms with Gasteiger partial charge in [-0.15, -0.1) is 0 Å². The van der Waals surface area contributed by atoms with Crippen LogP contribution < -0.4 is 5.32 Å². The minimum atomic E-state index is 0.340. The highest BCUT2D eigenvalue weighted by atomic mass is 79.9. The van der Waals surface area contributed by atoms with E-state index in [1.54, 1.807) is 12.4 Å². The molecule has 0 saturated carbocycles. The second-order valence-electron chi connectivity index (χ2n) is 5.00. The average molecular weight is 346 g/mol. The zero-order valence-electron chi connectivity index (χ0n) is 11.7. The van der Waals surface area contributed by atoms with Crippen LogP contribution in [-0.2, 0) is 6.42 Å². The average Bonchev–Trinajstić information content (AvgIpc) is 2.89. The molecule has 5 nitrogen and oxygen atoms in total. The molecule has 0 aliphatic rings. The van der Waals surface area contributed by atoms with Crippen LogP contribution in [0.3, 0.4) is 0 Å². The van der Waals surface area contributed by atoms with Crippen molar-refractivity contribution in [3.8, 4) is 0 Å². The molecule has 3 aromatic rings. The van der Waals surface area contributed by atoms with Gasteiger partial charge in [0.25, 0.3) is 0 Å². The van der Waals surface area contributed by atoms with Gasteiger partial charge in [0, 0.05) is 24.6 Å². The van der Waals surface area contributed by atoms with Crippen LogP contribution in [-0.4, -0.2) is 25.6 Å². The summed E-state index contributed by atoms with van der Waals surface area (Å²) in [6, 6.07) is 6.39. The van der Waals surface area contributed by atoms with Gasteiger partial charge in [0.2, 0.25) is 0 Å². The minimum Gasteiger partial charge on any atom is -0.367 e. The molecule has 6 heteroatoms. The Labute approximate surface area is 131 Å². The minimum absolute atomic E-state index is 0.340. The van der Waals surface area contributed by atoms with Crippen molar-refractivity contribution in [1.82, 2.24) is 19.6 Å². The molecule has 3 heterocycles. The Hall–Kier alpha value is -1.95. The van der Waals surface area contributed by atoms with E-state index in [9.17, 15) is 0 Å². The molecule has 21 heavy (non-hydrogen) atoms. The molecule has 0 aliphatic heterocycles. The van der Waals surface area contributed by atoms with Gasteiger partial charge in [-0.2, -0.15) is 9.61 Å². The molecule has 0 bridgehead atoms. The largest absolute Gasteiger partial charge is 0.367 e. The van der Waals surface area contributed by atoms with Crippen molar-refractivity contribution in [2.45, 2.75) is 25.8 Å². The number of hydrogen-bond acceptors (Lipinski definition) is 4. The molecule has 1 unspecified atom stereocenters. The summed E-state index contributed by atoms with van der Waals surface area (Å²) in [6.07, 6.45) is 9.28. The molecule has 1 atom stereocenters. The maximum absolute atomic E-state index is 4.33. The van der Waals surface area contributed by atoms with Gasteiger partial charge in [-0.05, 0) is 59.5 Å². The molecular formula is C15H16BrN5. The lowest BCUT2D eigenvalue weighted by atomic mass is 10.1. The Morgan fingerprint density at radius 3 is 2.86 bits per heavy atom. The number of hydrogen-bond donors (Lipinski definition) is 1. The van der Waals surface area contributed by atoms with E-state index >= 15 is 0 Å². The van der Waals surface area contributed by atoms with Crippen molar-refractivity contribution >= 4 is 27.4 Å². The van der Waals surface area contributed by atoms with Gasteiger partial charge in [-0.3, -0.25) is 4.98 Å². The maximum atomic E-state index is 4.33. The van der Waals surface area contributed by atoms with E-state index < -0.39 is 0 Å². The number of pyridine rings is 1. The molecule has 0 aromatic carbocycles. The third-order valence-corrected chi connectivity index (χ3v) is 3.93. The molecule has 0 radical (unpaired) electrons. The highest BCUT2D eigenvalue weighted by Crippen LogP contribution is 2.19. The SMILES string of the molecule is CC(CCc1ccncc1)Nc1ccnc2c(Br)cnn12. The predicted molar refractivity (Wildman–Crippen MR) is 86.3 cm³/mol. The number of aromatic nitrogens is 4. The molecule has 0 amide bonds. The van der Waals surface area contributed by atoms with Crippen molar-refractivity contribution in [1.29, 1.82) is 0 Å². The summed E-state index contributed by atoms with van der Waals surface area (Å²) in [5.41, 5.74) is 2.13. The zero-order valence-corrected chi connectivity index (χ0v) is 13.3. The van der Waals surface area contributed by atoms with Crippen LogP contribution in [0.25, 0.3) is 5.65 Å². The normalized spacial score (nSPS) is 12.5. The van der Waals surface area contributed by atoms with E-state index in [1.165, 1.54) is 5.56 Å². The molecule has 3 rings (SSSR count). The fourth-order valence-corrected chi connectivity index (χ4v) is 2.59. The molecule has 3 aromatic heterocycles. The summed E-state index contributed by atoms with van der Waals surface area (Å²) in [5.74, 6) is 0.952. The predicted octanol–water partition coefficient (Wildman–Crippen LogP) is 3.32. The van der Waals surface area contributed by atoms with Gasteiger partial charge in [-0.25, -0.2) is 4.98 Å². The number of rotatable bonds is 5. The first-order valence-corrected chi connectivity index (χ1v) is 7.67. The van der Waals surface area contributed by atoms with E-state index in [0.717, 1.165) is 28.8 Å². The van der Waals surface area contributed by atoms with Gasteiger partial charge in [-0.1, -0.05) is 0 Å². The number of nitrogens with one attached hydrogen (secondary N) is 1. The molecule has 1 N–H and O–H groups in total. The topological polar surface area (TPSA) is 55.1 Å². The first-order valence-electron chi connectivity index (χ1n) is 6.88. The lowest BCUT2D eigenvalue weighted by Gasteiger charge is -2.15. The van der Waals surface area contributed by atoms with Crippen LogP contribution in [0.15, 0.2) is 47.5 Å². The summed E-state index contributed by atoms with van der Waals surface area (Å²) < 4.78 is 2.71. The number of halogens is 1. The van der Waals surface area contributed by atoms with Crippen molar-refractivity contribution in [2.24, 2.45) is 0 Å². The van der Waals surface area contributed by atoms with Gasteiger partial charge in [0.05, 0.1) is 10.7 Å². The quantitative estimate of drug-likeness (QED) is 0.770. The third kappa shape index (κ3) is 3.21. The molecular weight excluding hydrogens is 330 g/mol. The van der Waals surface area contributed by atoms with Crippen LogP contribution in [0.5, 0.6) is 0 Å². The Kier molecular flexibility index (Phi) is 4.15. The van der Waals surface area contributed by atoms with Crippen LogP contribution in [0.2, 0.25) is 0 Å². The van der Waals surface area contributed by atoms with Crippen LogP contribution in [0, 0.1) is 0 Å². The molecule has 0 fully saturated rings. The summed E-state index contributed by atoms with van der Waals surface area (Å²) in [6.45, 7) is 2.17. The lowest BCUT2D eigenvalue weighted by Crippen LogP contribution is -2.18. The van der Waals surface area contributed by atoms with Crippen molar-refractivity contribution < 1.29 is 0 Å². The fraction of sp³-hybridized carbons (Fsp3) is 0.267. The summed E-state index contributed by atoms with van der Waals surface area (Å²) in [4.78, 5) is 8.35. The van der Waals surface area contributed by atoms with Crippen molar-refractivity contribution in [3.63, 3.8) is 0 Å². The highest BCUT2D eigenvalue weighted by molar-refractivity contribution is 9.10. The van der Waals surface area contributed by atoms with Crippen molar-refractivity contribution in [2.75, 3.05) is 5.32 Å². The second-order valence-corrected chi connectivity index (χ2v) is 5.85. The number of anilines is 1. The van der Waals surface area contributed by atoms with E-state index in [1.807, 2.05) is 23.0 Å². The van der Waals surface area contributed by atoms with Gasteiger partial charge >= 0.3 is 0 Å².